The van der Waals surface area contributed by atoms with Crippen LogP contribution in [0.4, 0.5) is 0 Å². The van der Waals surface area contributed by atoms with Crippen molar-refractivity contribution in [1.82, 2.24) is 0 Å². The third-order valence-corrected chi connectivity index (χ3v) is 6.04. The molecule has 1 aliphatic heterocycles. The zero-order chi connectivity index (χ0) is 13.4. The molecule has 3 unspecified atom stereocenters. The van der Waals surface area contributed by atoms with E-state index in [9.17, 15) is 0 Å². The maximum Gasteiger partial charge on any atom is 0.0619 e. The van der Waals surface area contributed by atoms with Crippen LogP contribution < -0.4 is 5.73 Å². The minimum atomic E-state index is 0.0792. The van der Waals surface area contributed by atoms with E-state index in [1.54, 1.807) is 11.3 Å². The molecule has 102 valence electrons. The Morgan fingerprint density at radius 1 is 1.53 bits per heavy atom. The Morgan fingerprint density at radius 3 is 3.16 bits per heavy atom. The molecule has 3 rings (SSSR count). The fraction of sp³-hybridized carbons (Fsp3) is 0.467. The molecular weight excluding hydrogens is 322 g/mol. The van der Waals surface area contributed by atoms with E-state index in [1.165, 1.54) is 15.6 Å². The summed E-state index contributed by atoms with van der Waals surface area (Å²) in [6, 6.07) is 6.41. The lowest BCUT2D eigenvalue weighted by atomic mass is 9.87. The molecule has 0 saturated carbocycles. The molecule has 1 aromatic carbocycles. The van der Waals surface area contributed by atoms with Gasteiger partial charge < -0.3 is 10.5 Å². The first-order chi connectivity index (χ1) is 9.22. The van der Waals surface area contributed by atoms with Crippen molar-refractivity contribution in [1.29, 1.82) is 0 Å². The van der Waals surface area contributed by atoms with Gasteiger partial charge in [-0.25, -0.2) is 0 Å². The Labute approximate surface area is 126 Å². The Hall–Kier alpha value is -0.420. The fourth-order valence-electron chi connectivity index (χ4n) is 3.03. The van der Waals surface area contributed by atoms with Gasteiger partial charge in [0.2, 0.25) is 0 Å². The Balaban J connectivity index is 1.98. The minimum absolute atomic E-state index is 0.0792. The van der Waals surface area contributed by atoms with Crippen LogP contribution in [-0.2, 0) is 4.74 Å². The molecule has 1 fully saturated rings. The molecule has 0 spiro atoms. The summed E-state index contributed by atoms with van der Waals surface area (Å²) in [5.74, 6) is 0.446. The van der Waals surface area contributed by atoms with Gasteiger partial charge in [0.05, 0.1) is 6.10 Å². The van der Waals surface area contributed by atoms with Crippen LogP contribution in [0.3, 0.4) is 0 Å². The summed E-state index contributed by atoms with van der Waals surface area (Å²) in [4.78, 5) is 0. The van der Waals surface area contributed by atoms with Gasteiger partial charge in [-0.15, -0.1) is 11.3 Å². The third-order valence-electron chi connectivity index (χ3n) is 4.07. The topological polar surface area (TPSA) is 35.2 Å². The molecule has 2 aromatic rings. The molecule has 1 saturated heterocycles. The van der Waals surface area contributed by atoms with Crippen molar-refractivity contribution in [2.24, 2.45) is 11.7 Å². The van der Waals surface area contributed by atoms with E-state index in [0.29, 0.717) is 12.0 Å². The van der Waals surface area contributed by atoms with Crippen LogP contribution in [0.2, 0.25) is 0 Å². The standard InChI is InChI=1S/C15H18BrNOS/c1-2-13-10(6-7-18-13)14(17)11-8-19-15-9(11)4-3-5-12(15)16/h3-5,8,10,13-14H,2,6-7,17H2,1H3. The van der Waals surface area contributed by atoms with Crippen molar-refractivity contribution in [3.63, 3.8) is 0 Å². The summed E-state index contributed by atoms with van der Waals surface area (Å²) in [5, 5.41) is 3.50. The summed E-state index contributed by atoms with van der Waals surface area (Å²) in [5.41, 5.74) is 7.81. The van der Waals surface area contributed by atoms with Gasteiger partial charge in [-0.2, -0.15) is 0 Å². The summed E-state index contributed by atoms with van der Waals surface area (Å²) in [6.07, 6.45) is 2.44. The summed E-state index contributed by atoms with van der Waals surface area (Å²) < 4.78 is 8.23. The maximum atomic E-state index is 6.54. The lowest BCUT2D eigenvalue weighted by Crippen LogP contribution is -2.27. The fourth-order valence-corrected chi connectivity index (χ4v) is 4.70. The minimum Gasteiger partial charge on any atom is -0.378 e. The highest BCUT2D eigenvalue weighted by atomic mass is 79.9. The quantitative estimate of drug-likeness (QED) is 0.894. The number of hydrogen-bond donors (Lipinski definition) is 1. The van der Waals surface area contributed by atoms with E-state index in [2.05, 4.69) is 46.4 Å². The molecule has 1 aliphatic rings. The number of hydrogen-bond acceptors (Lipinski definition) is 3. The number of fused-ring (bicyclic) bond motifs is 1. The van der Waals surface area contributed by atoms with Gasteiger partial charge >= 0.3 is 0 Å². The van der Waals surface area contributed by atoms with Gasteiger partial charge in [-0.05, 0) is 51.2 Å². The van der Waals surface area contributed by atoms with Crippen molar-refractivity contribution in [2.75, 3.05) is 6.61 Å². The van der Waals surface area contributed by atoms with E-state index in [4.69, 9.17) is 10.5 Å². The maximum absolute atomic E-state index is 6.54. The molecule has 3 atom stereocenters. The molecule has 19 heavy (non-hydrogen) atoms. The van der Waals surface area contributed by atoms with E-state index >= 15 is 0 Å². The van der Waals surface area contributed by atoms with Crippen LogP contribution in [-0.4, -0.2) is 12.7 Å². The summed E-state index contributed by atoms with van der Waals surface area (Å²) in [7, 11) is 0. The molecule has 2 N–H and O–H groups in total. The summed E-state index contributed by atoms with van der Waals surface area (Å²) in [6.45, 7) is 3.03. The van der Waals surface area contributed by atoms with Crippen LogP contribution in [0.25, 0.3) is 10.1 Å². The zero-order valence-corrected chi connectivity index (χ0v) is 13.3. The largest absolute Gasteiger partial charge is 0.378 e. The zero-order valence-electron chi connectivity index (χ0n) is 10.9. The highest BCUT2D eigenvalue weighted by Gasteiger charge is 2.33. The molecule has 2 heterocycles. The van der Waals surface area contributed by atoms with E-state index in [1.807, 2.05) is 0 Å². The van der Waals surface area contributed by atoms with Gasteiger partial charge in [-0.1, -0.05) is 19.1 Å². The van der Waals surface area contributed by atoms with Crippen LogP contribution in [0.1, 0.15) is 31.4 Å². The Bertz CT molecular complexity index is 583. The Morgan fingerprint density at radius 2 is 2.37 bits per heavy atom. The van der Waals surface area contributed by atoms with Crippen molar-refractivity contribution in [3.05, 3.63) is 33.6 Å². The van der Waals surface area contributed by atoms with Gasteiger partial charge in [-0.3, -0.25) is 0 Å². The van der Waals surface area contributed by atoms with E-state index < -0.39 is 0 Å². The van der Waals surface area contributed by atoms with E-state index in [0.717, 1.165) is 23.9 Å². The first-order valence-electron chi connectivity index (χ1n) is 6.75. The highest BCUT2D eigenvalue weighted by Crippen LogP contribution is 2.40. The number of halogens is 1. The lowest BCUT2D eigenvalue weighted by Gasteiger charge is -2.23. The average Bonchev–Trinajstić information content (AvgIpc) is 3.05. The van der Waals surface area contributed by atoms with Crippen molar-refractivity contribution in [2.45, 2.75) is 31.9 Å². The highest BCUT2D eigenvalue weighted by molar-refractivity contribution is 9.10. The molecule has 2 nitrogen and oxygen atoms in total. The monoisotopic (exact) mass is 339 g/mol. The molecule has 0 amide bonds. The van der Waals surface area contributed by atoms with Gasteiger partial charge in [0.1, 0.15) is 0 Å². The van der Waals surface area contributed by atoms with Gasteiger partial charge in [0.15, 0.2) is 0 Å². The second-order valence-corrected chi connectivity index (χ2v) is 6.84. The first kappa shape index (κ1) is 13.6. The predicted octanol–water partition coefficient (Wildman–Crippen LogP) is 4.48. The van der Waals surface area contributed by atoms with Crippen LogP contribution in [0.5, 0.6) is 0 Å². The average molecular weight is 340 g/mol. The summed E-state index contributed by atoms with van der Waals surface area (Å²) >= 11 is 5.38. The molecule has 1 aromatic heterocycles. The number of benzene rings is 1. The van der Waals surface area contributed by atoms with Gasteiger partial charge in [0.25, 0.3) is 0 Å². The predicted molar refractivity (Wildman–Crippen MR) is 84.6 cm³/mol. The van der Waals surface area contributed by atoms with Crippen molar-refractivity contribution < 1.29 is 4.74 Å². The molecule has 4 heteroatoms. The molecule has 0 bridgehead atoms. The SMILES string of the molecule is CCC1OCCC1C(N)c1csc2c(Br)cccc12. The third kappa shape index (κ3) is 2.35. The molecule has 0 aliphatic carbocycles. The number of thiophene rings is 1. The molecule has 0 radical (unpaired) electrons. The smallest absolute Gasteiger partial charge is 0.0619 e. The van der Waals surface area contributed by atoms with Crippen LogP contribution in [0, 0.1) is 5.92 Å². The van der Waals surface area contributed by atoms with Crippen LogP contribution >= 0.6 is 27.3 Å². The van der Waals surface area contributed by atoms with Gasteiger partial charge in [0, 0.05) is 27.7 Å². The second-order valence-electron chi connectivity index (χ2n) is 5.10. The Kier molecular flexibility index (Phi) is 3.94. The first-order valence-corrected chi connectivity index (χ1v) is 8.42. The molecular formula is C15H18BrNOS. The van der Waals surface area contributed by atoms with Crippen molar-refractivity contribution >= 4 is 37.4 Å². The number of ether oxygens (including phenoxy) is 1. The van der Waals surface area contributed by atoms with Crippen molar-refractivity contribution in [3.8, 4) is 0 Å². The lowest BCUT2D eigenvalue weighted by molar-refractivity contribution is 0.0815. The van der Waals surface area contributed by atoms with E-state index in [-0.39, 0.29) is 6.04 Å². The number of nitrogens with two attached hydrogens (primary N) is 1. The normalized spacial score (nSPS) is 25.0. The second kappa shape index (κ2) is 5.52. The van der Waals surface area contributed by atoms with Crippen LogP contribution in [0.15, 0.2) is 28.1 Å². The number of rotatable bonds is 3.